The molecule has 5 rings (SSSR count). The van der Waals surface area contributed by atoms with E-state index in [1.807, 2.05) is 0 Å². The first-order valence-electron chi connectivity index (χ1n) is 10.5. The van der Waals surface area contributed by atoms with Gasteiger partial charge >= 0.3 is 6.03 Å². The average molecular weight is 437 g/mol. The summed E-state index contributed by atoms with van der Waals surface area (Å²) in [4.78, 5) is 24.8. The first-order valence-corrected chi connectivity index (χ1v) is 10.5. The number of nitrogens with one attached hydrogen (secondary N) is 3. The van der Waals surface area contributed by atoms with Crippen molar-refractivity contribution in [3.8, 4) is 5.69 Å². The molecule has 2 aromatic carbocycles. The van der Waals surface area contributed by atoms with Crippen molar-refractivity contribution in [1.29, 1.82) is 0 Å². The minimum atomic E-state index is -0.963. The maximum atomic E-state index is 13.7. The lowest BCUT2D eigenvalue weighted by atomic mass is 10.2. The lowest BCUT2D eigenvalue weighted by Gasteiger charge is -2.08. The van der Waals surface area contributed by atoms with Gasteiger partial charge in [-0.25, -0.2) is 18.3 Å². The van der Waals surface area contributed by atoms with Gasteiger partial charge in [0.25, 0.3) is 5.91 Å². The number of halogens is 2. The molecular weight excluding hydrogens is 416 g/mol. The van der Waals surface area contributed by atoms with E-state index in [1.165, 1.54) is 10.7 Å². The van der Waals surface area contributed by atoms with Gasteiger partial charge in [0.15, 0.2) is 17.3 Å². The van der Waals surface area contributed by atoms with Crippen molar-refractivity contribution in [3.05, 3.63) is 71.1 Å². The van der Waals surface area contributed by atoms with Crippen molar-refractivity contribution in [1.82, 2.24) is 15.1 Å². The first kappa shape index (κ1) is 20.2. The van der Waals surface area contributed by atoms with E-state index >= 15 is 0 Å². The maximum absolute atomic E-state index is 13.7. The van der Waals surface area contributed by atoms with E-state index in [9.17, 15) is 18.4 Å². The minimum absolute atomic E-state index is 0.248. The number of nitrogens with zero attached hydrogens (tertiary/aromatic N) is 2. The van der Waals surface area contributed by atoms with Crippen LogP contribution in [0.5, 0.6) is 0 Å². The second kappa shape index (κ2) is 8.07. The van der Waals surface area contributed by atoms with E-state index in [4.69, 9.17) is 0 Å². The zero-order valence-electron chi connectivity index (χ0n) is 17.1. The predicted molar refractivity (Wildman–Crippen MR) is 115 cm³/mol. The summed E-state index contributed by atoms with van der Waals surface area (Å²) in [6.07, 6.45) is 4.28. The molecule has 1 saturated carbocycles. The number of hydrogen-bond donors (Lipinski definition) is 3. The minimum Gasteiger partial charge on any atom is -0.335 e. The second-order valence-corrected chi connectivity index (χ2v) is 8.04. The van der Waals surface area contributed by atoms with Gasteiger partial charge in [-0.1, -0.05) is 0 Å². The quantitative estimate of drug-likeness (QED) is 0.560. The van der Waals surface area contributed by atoms with Gasteiger partial charge in [-0.2, -0.15) is 5.10 Å². The van der Waals surface area contributed by atoms with E-state index < -0.39 is 11.6 Å². The Morgan fingerprint density at radius 2 is 1.66 bits per heavy atom. The molecule has 0 saturated heterocycles. The molecule has 7 nitrogen and oxygen atoms in total. The summed E-state index contributed by atoms with van der Waals surface area (Å²) in [5.74, 6) is -2.27. The number of carbonyl (C=O) groups excluding carboxylic acids is 2. The van der Waals surface area contributed by atoms with Gasteiger partial charge in [-0.05, 0) is 68.5 Å². The number of carbonyl (C=O) groups is 2. The lowest BCUT2D eigenvalue weighted by Crippen LogP contribution is -2.30. The molecule has 2 aliphatic rings. The Morgan fingerprint density at radius 3 is 2.34 bits per heavy atom. The monoisotopic (exact) mass is 437 g/mol. The van der Waals surface area contributed by atoms with E-state index in [0.717, 1.165) is 42.7 Å². The average Bonchev–Trinajstić information content (AvgIpc) is 3.31. The maximum Gasteiger partial charge on any atom is 0.319 e. The van der Waals surface area contributed by atoms with E-state index in [-0.39, 0.29) is 23.7 Å². The van der Waals surface area contributed by atoms with Crippen LogP contribution >= 0.6 is 0 Å². The SMILES string of the molecule is O=C(Nc1ccc(NC(=O)c2nn(-c3ccc(F)c(F)c3)c3c2CCC3)cc1)NC1CC1. The van der Waals surface area contributed by atoms with E-state index in [2.05, 4.69) is 21.0 Å². The number of rotatable bonds is 5. The van der Waals surface area contributed by atoms with Crippen LogP contribution < -0.4 is 16.0 Å². The molecular formula is C23H21F2N5O2. The van der Waals surface area contributed by atoms with Crippen LogP contribution in [0.3, 0.4) is 0 Å². The van der Waals surface area contributed by atoms with Gasteiger partial charge in [0.1, 0.15) is 0 Å². The molecule has 3 N–H and O–H groups in total. The summed E-state index contributed by atoms with van der Waals surface area (Å²) in [5.41, 5.74) is 3.47. The van der Waals surface area contributed by atoms with Crippen molar-refractivity contribution in [2.24, 2.45) is 0 Å². The molecule has 2 aliphatic carbocycles. The number of benzene rings is 2. The Bertz CT molecular complexity index is 1200. The van der Waals surface area contributed by atoms with E-state index in [0.29, 0.717) is 29.9 Å². The molecule has 0 aliphatic heterocycles. The summed E-state index contributed by atoms with van der Waals surface area (Å²) in [6, 6.07) is 10.4. The summed E-state index contributed by atoms with van der Waals surface area (Å²) in [5, 5.41) is 12.8. The van der Waals surface area contributed by atoms with Crippen LogP contribution in [0.15, 0.2) is 42.5 Å². The third-order valence-electron chi connectivity index (χ3n) is 5.61. The van der Waals surface area contributed by atoms with Gasteiger partial charge in [-0.15, -0.1) is 0 Å². The first-order chi connectivity index (χ1) is 15.5. The molecule has 0 bridgehead atoms. The highest BCUT2D eigenvalue weighted by Gasteiger charge is 2.27. The zero-order valence-corrected chi connectivity index (χ0v) is 17.1. The van der Waals surface area contributed by atoms with Crippen LogP contribution in [-0.4, -0.2) is 27.8 Å². The van der Waals surface area contributed by atoms with Gasteiger partial charge in [-0.3, -0.25) is 4.79 Å². The molecule has 32 heavy (non-hydrogen) atoms. The Kier molecular flexibility index (Phi) is 5.08. The number of fused-ring (bicyclic) bond motifs is 1. The second-order valence-electron chi connectivity index (χ2n) is 8.04. The highest BCUT2D eigenvalue weighted by molar-refractivity contribution is 6.04. The Morgan fingerprint density at radius 1 is 0.938 bits per heavy atom. The van der Waals surface area contributed by atoms with Crippen molar-refractivity contribution >= 4 is 23.3 Å². The van der Waals surface area contributed by atoms with Gasteiger partial charge in [0.05, 0.1) is 5.69 Å². The Hall–Kier alpha value is -3.75. The molecule has 0 radical (unpaired) electrons. The predicted octanol–water partition coefficient (Wildman–Crippen LogP) is 4.18. The number of urea groups is 1. The van der Waals surface area contributed by atoms with Gasteiger partial charge in [0.2, 0.25) is 0 Å². The zero-order chi connectivity index (χ0) is 22.2. The summed E-state index contributed by atoms with van der Waals surface area (Å²) in [6.45, 7) is 0. The highest BCUT2D eigenvalue weighted by atomic mass is 19.2. The largest absolute Gasteiger partial charge is 0.335 e. The van der Waals surface area contributed by atoms with Crippen LogP contribution in [0, 0.1) is 11.6 Å². The number of aromatic nitrogens is 2. The topological polar surface area (TPSA) is 88.1 Å². The summed E-state index contributed by atoms with van der Waals surface area (Å²) < 4.78 is 28.6. The van der Waals surface area contributed by atoms with Crippen LogP contribution in [0.25, 0.3) is 5.69 Å². The fourth-order valence-electron chi connectivity index (χ4n) is 3.86. The number of amides is 3. The molecule has 164 valence electrons. The van der Waals surface area contributed by atoms with Crippen LogP contribution in [-0.2, 0) is 12.8 Å². The molecule has 1 heterocycles. The number of anilines is 2. The summed E-state index contributed by atoms with van der Waals surface area (Å²) in [7, 11) is 0. The van der Waals surface area contributed by atoms with Crippen LogP contribution in [0.2, 0.25) is 0 Å². The van der Waals surface area contributed by atoms with Crippen molar-refractivity contribution in [3.63, 3.8) is 0 Å². The lowest BCUT2D eigenvalue weighted by molar-refractivity contribution is 0.102. The van der Waals surface area contributed by atoms with Gasteiger partial charge < -0.3 is 16.0 Å². The molecule has 1 aromatic heterocycles. The Balaban J connectivity index is 1.32. The third kappa shape index (κ3) is 4.05. The fourth-order valence-corrected chi connectivity index (χ4v) is 3.86. The normalized spacial score (nSPS) is 14.7. The van der Waals surface area contributed by atoms with E-state index in [1.54, 1.807) is 24.3 Å². The van der Waals surface area contributed by atoms with Gasteiger partial charge in [0, 0.05) is 34.7 Å². The third-order valence-corrected chi connectivity index (χ3v) is 5.61. The number of hydrogen-bond acceptors (Lipinski definition) is 3. The molecule has 3 aromatic rings. The molecule has 0 atom stereocenters. The molecule has 0 unspecified atom stereocenters. The molecule has 0 spiro atoms. The molecule has 3 amide bonds. The highest BCUT2D eigenvalue weighted by Crippen LogP contribution is 2.29. The van der Waals surface area contributed by atoms with Crippen LogP contribution in [0.4, 0.5) is 25.0 Å². The van der Waals surface area contributed by atoms with Crippen molar-refractivity contribution in [2.45, 2.75) is 38.1 Å². The molecule has 9 heteroatoms. The summed E-state index contributed by atoms with van der Waals surface area (Å²) >= 11 is 0. The van der Waals surface area contributed by atoms with Crippen molar-refractivity contribution < 1.29 is 18.4 Å². The van der Waals surface area contributed by atoms with Crippen molar-refractivity contribution in [2.75, 3.05) is 10.6 Å². The molecule has 1 fully saturated rings. The fraction of sp³-hybridized carbons (Fsp3) is 0.261. The van der Waals surface area contributed by atoms with Crippen LogP contribution in [0.1, 0.15) is 41.0 Å². The standard InChI is InChI=1S/C23H21F2N5O2/c24-18-11-10-16(12-19(18)25)30-20-3-1-2-17(20)21(29-30)22(31)26-13-4-6-14(7-5-13)27-23(32)28-15-8-9-15/h4-7,10-12,15H,1-3,8-9H2,(H,26,31)(H2,27,28,32). The smallest absolute Gasteiger partial charge is 0.319 e. The Labute approximate surface area is 182 Å².